The Morgan fingerprint density at radius 2 is 1.84 bits per heavy atom. The van der Waals surface area contributed by atoms with Crippen LogP contribution in [0.25, 0.3) is 5.69 Å². The number of aryl methyl sites for hydroxylation is 1. The van der Waals surface area contributed by atoms with Crippen molar-refractivity contribution in [1.29, 1.82) is 0 Å². The zero-order chi connectivity index (χ0) is 17.8. The highest BCUT2D eigenvalue weighted by Gasteiger charge is 2.13. The van der Waals surface area contributed by atoms with Gasteiger partial charge in [-0.2, -0.15) is 5.10 Å². The van der Waals surface area contributed by atoms with Crippen LogP contribution >= 0.6 is 0 Å². The van der Waals surface area contributed by atoms with Gasteiger partial charge in [-0.05, 0) is 31.2 Å². The molecular weight excluding hydrogens is 324 g/mol. The molecule has 8 nitrogen and oxygen atoms in total. The maximum absolute atomic E-state index is 12.1. The van der Waals surface area contributed by atoms with Crippen molar-refractivity contribution in [2.45, 2.75) is 6.92 Å². The topological polar surface area (TPSA) is 99.3 Å². The largest absolute Gasteiger partial charge is 0.418 e. The van der Waals surface area contributed by atoms with Gasteiger partial charge in [-0.3, -0.25) is 15.4 Å². The maximum atomic E-state index is 12.1. The first-order valence-corrected chi connectivity index (χ1v) is 7.38. The predicted octanol–water partition coefficient (Wildman–Crippen LogP) is 3.70. The number of benzene rings is 2. The molecule has 25 heavy (non-hydrogen) atoms. The van der Waals surface area contributed by atoms with Crippen molar-refractivity contribution in [3.63, 3.8) is 0 Å². The van der Waals surface area contributed by atoms with Crippen LogP contribution in [0.5, 0.6) is 5.75 Å². The van der Waals surface area contributed by atoms with Crippen molar-refractivity contribution in [3.8, 4) is 11.4 Å². The van der Waals surface area contributed by atoms with E-state index in [9.17, 15) is 14.9 Å². The summed E-state index contributed by atoms with van der Waals surface area (Å²) in [7, 11) is 0. The first kappa shape index (κ1) is 16.2. The van der Waals surface area contributed by atoms with E-state index in [0.29, 0.717) is 5.82 Å². The molecule has 126 valence electrons. The van der Waals surface area contributed by atoms with E-state index in [1.165, 1.54) is 24.3 Å². The fourth-order valence-corrected chi connectivity index (χ4v) is 2.23. The maximum Gasteiger partial charge on any atom is 0.418 e. The van der Waals surface area contributed by atoms with Gasteiger partial charge >= 0.3 is 6.09 Å². The highest BCUT2D eigenvalue weighted by Crippen LogP contribution is 2.20. The van der Waals surface area contributed by atoms with Gasteiger partial charge in [0, 0.05) is 18.2 Å². The van der Waals surface area contributed by atoms with E-state index in [-0.39, 0.29) is 11.4 Å². The predicted molar refractivity (Wildman–Crippen MR) is 91.0 cm³/mol. The Kier molecular flexibility index (Phi) is 4.42. The van der Waals surface area contributed by atoms with E-state index >= 15 is 0 Å². The number of hydrogen-bond acceptors (Lipinski definition) is 5. The highest BCUT2D eigenvalue weighted by molar-refractivity contribution is 5.85. The van der Waals surface area contributed by atoms with Crippen LogP contribution in [0.4, 0.5) is 16.3 Å². The van der Waals surface area contributed by atoms with Gasteiger partial charge in [0.25, 0.3) is 5.69 Å². The summed E-state index contributed by atoms with van der Waals surface area (Å²) < 4.78 is 6.73. The van der Waals surface area contributed by atoms with Crippen LogP contribution in [0.15, 0.2) is 60.7 Å². The van der Waals surface area contributed by atoms with Crippen molar-refractivity contribution in [2.24, 2.45) is 0 Å². The van der Waals surface area contributed by atoms with Gasteiger partial charge in [-0.15, -0.1) is 0 Å². The molecule has 8 heteroatoms. The number of rotatable bonds is 4. The lowest BCUT2D eigenvalue weighted by molar-refractivity contribution is -0.384. The molecule has 0 atom stereocenters. The van der Waals surface area contributed by atoms with Gasteiger partial charge in [0.05, 0.1) is 16.3 Å². The minimum absolute atomic E-state index is 0.0782. The summed E-state index contributed by atoms with van der Waals surface area (Å²) in [5.41, 5.74) is 1.45. The summed E-state index contributed by atoms with van der Waals surface area (Å²) >= 11 is 0. The minimum atomic E-state index is -0.717. The van der Waals surface area contributed by atoms with Crippen molar-refractivity contribution in [2.75, 3.05) is 5.32 Å². The summed E-state index contributed by atoms with van der Waals surface area (Å²) in [6.45, 7) is 1.81. The third-order valence-electron chi connectivity index (χ3n) is 3.32. The summed E-state index contributed by atoms with van der Waals surface area (Å²) in [4.78, 5) is 22.2. The summed E-state index contributed by atoms with van der Waals surface area (Å²) in [5.74, 6) is 0.654. The number of nitrogens with one attached hydrogen (secondary N) is 1. The van der Waals surface area contributed by atoms with E-state index < -0.39 is 11.0 Å². The quantitative estimate of drug-likeness (QED) is 0.577. The second-order valence-electron chi connectivity index (χ2n) is 5.18. The van der Waals surface area contributed by atoms with Gasteiger partial charge in [0.1, 0.15) is 11.6 Å². The molecule has 1 aromatic heterocycles. The number of amides is 1. The number of para-hydroxylation sites is 1. The van der Waals surface area contributed by atoms with Crippen molar-refractivity contribution in [1.82, 2.24) is 9.78 Å². The monoisotopic (exact) mass is 338 g/mol. The molecule has 0 aliphatic rings. The number of carbonyl (C=O) groups excluding carboxylic acids is 1. The van der Waals surface area contributed by atoms with Crippen LogP contribution in [-0.4, -0.2) is 20.8 Å². The first-order valence-electron chi connectivity index (χ1n) is 7.38. The van der Waals surface area contributed by atoms with Crippen molar-refractivity contribution >= 4 is 17.6 Å². The molecule has 1 amide bonds. The van der Waals surface area contributed by atoms with Crippen LogP contribution in [-0.2, 0) is 0 Å². The molecule has 0 radical (unpaired) electrons. The molecule has 1 heterocycles. The minimum Gasteiger partial charge on any atom is -0.410 e. The van der Waals surface area contributed by atoms with Crippen LogP contribution in [0.1, 0.15) is 5.69 Å². The number of nitrogens with zero attached hydrogens (tertiary/aromatic N) is 3. The Labute approximate surface area is 142 Å². The first-order chi connectivity index (χ1) is 12.0. The average molecular weight is 338 g/mol. The molecular formula is C17H14N4O4. The zero-order valence-corrected chi connectivity index (χ0v) is 13.2. The lowest BCUT2D eigenvalue weighted by Gasteiger charge is -2.09. The number of nitro benzene ring substituents is 1. The fourth-order valence-electron chi connectivity index (χ4n) is 2.23. The number of carbonyl (C=O) groups is 1. The number of hydrogen-bond donors (Lipinski definition) is 1. The highest BCUT2D eigenvalue weighted by atomic mass is 16.6. The standard InChI is InChI=1S/C17H14N4O4/c1-12-11-16(20(19-12)13-5-3-2-4-6-13)18-17(22)25-15-9-7-14(8-10-15)21(23)24/h2-11H,1H3,(H,18,22). The third kappa shape index (κ3) is 3.81. The molecule has 0 aliphatic heterocycles. The Bertz CT molecular complexity index is 904. The third-order valence-corrected chi connectivity index (χ3v) is 3.32. The molecule has 0 saturated heterocycles. The van der Waals surface area contributed by atoms with Crippen LogP contribution in [0.3, 0.4) is 0 Å². The normalized spacial score (nSPS) is 10.3. The molecule has 0 spiro atoms. The molecule has 2 aromatic carbocycles. The summed E-state index contributed by atoms with van der Waals surface area (Å²) in [6.07, 6.45) is -0.717. The molecule has 0 bridgehead atoms. The van der Waals surface area contributed by atoms with Crippen molar-refractivity contribution in [3.05, 3.63) is 76.5 Å². The fraction of sp³-hybridized carbons (Fsp3) is 0.0588. The zero-order valence-electron chi connectivity index (χ0n) is 13.2. The molecule has 0 fully saturated rings. The lowest BCUT2D eigenvalue weighted by atomic mass is 10.3. The smallest absolute Gasteiger partial charge is 0.410 e. The molecule has 0 saturated carbocycles. The second kappa shape index (κ2) is 6.83. The van der Waals surface area contributed by atoms with E-state index in [1.807, 2.05) is 37.3 Å². The number of non-ortho nitro benzene ring substituents is 1. The van der Waals surface area contributed by atoms with E-state index in [1.54, 1.807) is 10.7 Å². The van der Waals surface area contributed by atoms with Crippen LogP contribution in [0.2, 0.25) is 0 Å². The van der Waals surface area contributed by atoms with Gasteiger partial charge < -0.3 is 4.74 Å². The van der Waals surface area contributed by atoms with Gasteiger partial charge in [0.2, 0.25) is 0 Å². The second-order valence-corrected chi connectivity index (χ2v) is 5.18. The molecule has 0 aliphatic carbocycles. The van der Waals surface area contributed by atoms with Gasteiger partial charge in [0.15, 0.2) is 0 Å². The van der Waals surface area contributed by atoms with Crippen LogP contribution < -0.4 is 10.1 Å². The Balaban J connectivity index is 1.74. The molecule has 0 unspecified atom stereocenters. The number of anilines is 1. The van der Waals surface area contributed by atoms with Crippen molar-refractivity contribution < 1.29 is 14.5 Å². The molecule has 3 rings (SSSR count). The Morgan fingerprint density at radius 3 is 2.48 bits per heavy atom. The lowest BCUT2D eigenvalue weighted by Crippen LogP contribution is -2.19. The molecule has 3 aromatic rings. The summed E-state index contributed by atoms with van der Waals surface area (Å²) in [5, 5.41) is 17.6. The SMILES string of the molecule is Cc1cc(NC(=O)Oc2ccc([N+](=O)[O-])cc2)n(-c2ccccc2)n1. The Hall–Kier alpha value is -3.68. The average Bonchev–Trinajstić information content (AvgIpc) is 2.96. The Morgan fingerprint density at radius 1 is 1.16 bits per heavy atom. The number of aromatic nitrogens is 2. The van der Waals surface area contributed by atoms with Gasteiger partial charge in [-0.1, -0.05) is 18.2 Å². The number of ether oxygens (including phenoxy) is 1. The van der Waals surface area contributed by atoms with Gasteiger partial charge in [-0.25, -0.2) is 9.48 Å². The van der Waals surface area contributed by atoms with E-state index in [2.05, 4.69) is 10.4 Å². The van der Waals surface area contributed by atoms with Crippen LogP contribution in [0, 0.1) is 17.0 Å². The molecule has 1 N–H and O–H groups in total. The van der Waals surface area contributed by atoms with E-state index in [0.717, 1.165) is 11.4 Å². The number of nitro groups is 1. The van der Waals surface area contributed by atoms with E-state index in [4.69, 9.17) is 4.74 Å². The summed E-state index contributed by atoms with van der Waals surface area (Å²) in [6, 6.07) is 16.3.